The summed E-state index contributed by atoms with van der Waals surface area (Å²) in [5.74, 6) is -3.48. The van der Waals surface area contributed by atoms with Gasteiger partial charge in [0.05, 0.1) is 36.6 Å². The predicted octanol–water partition coefficient (Wildman–Crippen LogP) is 4.06. The highest BCUT2D eigenvalue weighted by molar-refractivity contribution is 6.53. The van der Waals surface area contributed by atoms with Gasteiger partial charge in [-0.2, -0.15) is 0 Å². The molecule has 0 unspecified atom stereocenters. The summed E-state index contributed by atoms with van der Waals surface area (Å²) in [5.41, 5.74) is 0.119. The minimum Gasteiger partial charge on any atom is -0.545 e. The van der Waals surface area contributed by atoms with Crippen LogP contribution in [-0.2, 0) is 9.59 Å². The third kappa shape index (κ3) is 5.49. The highest BCUT2D eigenvalue weighted by atomic mass is 35.5. The van der Waals surface area contributed by atoms with Crippen molar-refractivity contribution in [1.29, 1.82) is 0 Å². The topological polar surface area (TPSA) is 137 Å². The molecule has 1 aliphatic rings. The van der Waals surface area contributed by atoms with Gasteiger partial charge in [0.2, 0.25) is 0 Å². The molecule has 0 spiro atoms. The lowest BCUT2D eigenvalue weighted by atomic mass is 10.1. The van der Waals surface area contributed by atoms with Crippen molar-refractivity contribution in [3.05, 3.63) is 86.5 Å². The van der Waals surface area contributed by atoms with E-state index in [1.807, 2.05) is 0 Å². The Morgan fingerprint density at radius 1 is 0.897 bits per heavy atom. The SMILES string of the molecule is COc1cc(NC(=O)c2cccc(NC3=C(Cl)C(=O)N(c4cc(Cl)ccc4OC)C3=O)c2)c(Cl)cc1C(=O)[O-]. The molecule has 3 aromatic carbocycles. The number of aromatic carboxylic acids is 1. The second-order valence-electron chi connectivity index (χ2n) is 7.93. The molecule has 3 aromatic rings. The van der Waals surface area contributed by atoms with Gasteiger partial charge in [-0.1, -0.05) is 40.9 Å². The summed E-state index contributed by atoms with van der Waals surface area (Å²) >= 11 is 18.4. The number of carbonyl (C=O) groups is 4. The Labute approximate surface area is 236 Å². The Balaban J connectivity index is 1.57. The van der Waals surface area contributed by atoms with Gasteiger partial charge in [0.25, 0.3) is 17.7 Å². The number of amides is 3. The normalized spacial score (nSPS) is 13.0. The second kappa shape index (κ2) is 11.2. The monoisotopic (exact) mass is 588 g/mol. The van der Waals surface area contributed by atoms with E-state index in [-0.39, 0.29) is 60.5 Å². The van der Waals surface area contributed by atoms with E-state index in [0.29, 0.717) is 0 Å². The minimum absolute atomic E-state index is 0.0545. The molecule has 0 bridgehead atoms. The van der Waals surface area contributed by atoms with Crippen molar-refractivity contribution in [2.75, 3.05) is 29.8 Å². The Morgan fingerprint density at radius 3 is 2.28 bits per heavy atom. The molecule has 200 valence electrons. The smallest absolute Gasteiger partial charge is 0.283 e. The number of carbonyl (C=O) groups excluding carboxylic acids is 4. The molecule has 0 fully saturated rings. The van der Waals surface area contributed by atoms with Crippen molar-refractivity contribution in [3.8, 4) is 11.5 Å². The molecule has 4 rings (SSSR count). The van der Waals surface area contributed by atoms with Crippen molar-refractivity contribution in [2.45, 2.75) is 0 Å². The second-order valence-corrected chi connectivity index (χ2v) is 9.15. The summed E-state index contributed by atoms with van der Waals surface area (Å²) in [6.45, 7) is 0. The maximum absolute atomic E-state index is 13.2. The Kier molecular flexibility index (Phi) is 8.01. The molecule has 39 heavy (non-hydrogen) atoms. The summed E-state index contributed by atoms with van der Waals surface area (Å²) in [6, 6.07) is 12.8. The number of methoxy groups -OCH3 is 2. The van der Waals surface area contributed by atoms with Gasteiger partial charge < -0.3 is 30.0 Å². The molecule has 0 radical (unpaired) electrons. The summed E-state index contributed by atoms with van der Waals surface area (Å²) in [7, 11) is 2.64. The number of hydrogen-bond acceptors (Lipinski definition) is 8. The number of ether oxygens (including phenoxy) is 2. The number of hydrogen-bond donors (Lipinski definition) is 2. The molecular weight excluding hydrogens is 573 g/mol. The molecule has 0 aliphatic carbocycles. The van der Waals surface area contributed by atoms with Crippen LogP contribution in [0.3, 0.4) is 0 Å². The van der Waals surface area contributed by atoms with Crippen molar-refractivity contribution in [2.24, 2.45) is 0 Å². The van der Waals surface area contributed by atoms with Gasteiger partial charge in [0, 0.05) is 27.9 Å². The van der Waals surface area contributed by atoms with Crippen molar-refractivity contribution in [1.82, 2.24) is 0 Å². The van der Waals surface area contributed by atoms with Crippen LogP contribution in [0.1, 0.15) is 20.7 Å². The largest absolute Gasteiger partial charge is 0.545 e. The number of imide groups is 1. The van der Waals surface area contributed by atoms with Crippen molar-refractivity contribution >= 4 is 75.6 Å². The van der Waals surface area contributed by atoms with Crippen LogP contribution < -0.4 is 30.1 Å². The number of carboxylic acids is 1. The van der Waals surface area contributed by atoms with Crippen molar-refractivity contribution < 1.29 is 33.8 Å². The lowest BCUT2D eigenvalue weighted by Gasteiger charge is -2.18. The fourth-order valence-corrected chi connectivity index (χ4v) is 4.31. The molecule has 10 nitrogen and oxygen atoms in total. The number of nitrogens with one attached hydrogen (secondary N) is 2. The summed E-state index contributed by atoms with van der Waals surface area (Å²) in [4.78, 5) is 51.1. The van der Waals surface area contributed by atoms with E-state index in [9.17, 15) is 24.3 Å². The van der Waals surface area contributed by atoms with Crippen LogP contribution in [-0.4, -0.2) is 37.9 Å². The number of benzene rings is 3. The standard InChI is InChI=1S/C26H18Cl3N3O7/c1-38-19-7-6-13(27)9-18(19)32-24(34)21(29)22(25(32)35)30-14-5-3-4-12(8-14)23(33)31-17-11-20(39-2)15(26(36)37)10-16(17)28/h3-11,30H,1-2H3,(H,31,33)(H,36,37)/p-1. The third-order valence-electron chi connectivity index (χ3n) is 5.56. The lowest BCUT2D eigenvalue weighted by Crippen LogP contribution is -2.32. The Morgan fingerprint density at radius 2 is 1.62 bits per heavy atom. The number of anilines is 3. The van der Waals surface area contributed by atoms with Crippen molar-refractivity contribution in [3.63, 3.8) is 0 Å². The quantitative estimate of drug-likeness (QED) is 0.375. The molecule has 0 aromatic heterocycles. The third-order valence-corrected chi connectivity index (χ3v) is 6.46. The molecule has 2 N–H and O–H groups in total. The molecule has 0 saturated carbocycles. The zero-order valence-electron chi connectivity index (χ0n) is 20.1. The predicted molar refractivity (Wildman–Crippen MR) is 144 cm³/mol. The molecule has 13 heteroatoms. The number of halogens is 3. The van der Waals surface area contributed by atoms with Gasteiger partial charge in [-0.05, 0) is 42.5 Å². The molecule has 0 atom stereocenters. The fourth-order valence-electron chi connectivity index (χ4n) is 3.72. The molecule has 3 amide bonds. The zero-order valence-corrected chi connectivity index (χ0v) is 22.4. The molecule has 0 saturated heterocycles. The molecule has 1 aliphatic heterocycles. The maximum atomic E-state index is 13.2. The Hall–Kier alpha value is -4.25. The van der Waals surface area contributed by atoms with Gasteiger partial charge in [-0.15, -0.1) is 0 Å². The van der Waals surface area contributed by atoms with E-state index in [2.05, 4.69) is 10.6 Å². The van der Waals surface area contributed by atoms with Crippen LogP contribution in [0.15, 0.2) is 65.3 Å². The first kappa shape index (κ1) is 27.8. The highest BCUT2D eigenvalue weighted by Crippen LogP contribution is 2.37. The maximum Gasteiger partial charge on any atom is 0.283 e. The highest BCUT2D eigenvalue weighted by Gasteiger charge is 2.40. The van der Waals surface area contributed by atoms with Gasteiger partial charge >= 0.3 is 0 Å². The van der Waals surface area contributed by atoms with Gasteiger partial charge in [0.1, 0.15) is 22.2 Å². The van der Waals surface area contributed by atoms with Gasteiger partial charge in [0.15, 0.2) is 0 Å². The van der Waals surface area contributed by atoms with E-state index in [0.717, 1.165) is 11.0 Å². The average molecular weight is 590 g/mol. The van der Waals surface area contributed by atoms with Gasteiger partial charge in [-0.25, -0.2) is 4.90 Å². The minimum atomic E-state index is -1.49. The van der Waals surface area contributed by atoms with Crippen LogP contribution in [0, 0.1) is 0 Å². The lowest BCUT2D eigenvalue weighted by molar-refractivity contribution is -0.255. The first-order chi connectivity index (χ1) is 18.5. The number of carboxylic acid groups (broad SMARTS) is 1. The molecular formula is C26H17Cl3N3O7-. The van der Waals surface area contributed by atoms with E-state index in [1.54, 1.807) is 12.1 Å². The number of rotatable bonds is 8. The van der Waals surface area contributed by atoms with E-state index >= 15 is 0 Å². The summed E-state index contributed by atoms with van der Waals surface area (Å²) in [5, 5.41) is 16.5. The van der Waals surface area contributed by atoms with E-state index in [4.69, 9.17) is 44.3 Å². The van der Waals surface area contributed by atoms with E-state index in [1.165, 1.54) is 50.6 Å². The van der Waals surface area contributed by atoms with E-state index < -0.39 is 23.7 Å². The van der Waals surface area contributed by atoms with Crippen LogP contribution in [0.5, 0.6) is 11.5 Å². The van der Waals surface area contributed by atoms with Crippen LogP contribution in [0.2, 0.25) is 10.0 Å². The summed E-state index contributed by atoms with van der Waals surface area (Å²) in [6.07, 6.45) is 0. The van der Waals surface area contributed by atoms with Crippen LogP contribution in [0.4, 0.5) is 17.1 Å². The number of nitrogens with zero attached hydrogens (tertiary/aromatic N) is 1. The first-order valence-corrected chi connectivity index (χ1v) is 12.1. The van der Waals surface area contributed by atoms with Gasteiger partial charge in [-0.3, -0.25) is 14.4 Å². The Bertz CT molecular complexity index is 1570. The van der Waals surface area contributed by atoms with Crippen LogP contribution >= 0.6 is 34.8 Å². The van der Waals surface area contributed by atoms with Crippen LogP contribution in [0.25, 0.3) is 0 Å². The summed E-state index contributed by atoms with van der Waals surface area (Å²) < 4.78 is 10.3. The fraction of sp³-hybridized carbons (Fsp3) is 0.0769. The molecule has 1 heterocycles. The first-order valence-electron chi connectivity index (χ1n) is 10.9. The average Bonchev–Trinajstić information content (AvgIpc) is 3.12. The zero-order chi connectivity index (χ0) is 28.4.